The maximum atomic E-state index is 7.38. The van der Waals surface area contributed by atoms with E-state index < -0.39 is 0 Å². The van der Waals surface area contributed by atoms with Gasteiger partial charge < -0.3 is 9.98 Å². The zero-order valence-electron chi connectivity index (χ0n) is 20.9. The summed E-state index contributed by atoms with van der Waals surface area (Å²) in [6, 6.07) is 28.4. The fourth-order valence-corrected chi connectivity index (χ4v) is 4.48. The largest absolute Gasteiger partial charge is 0.310 e. The lowest BCUT2D eigenvalue weighted by atomic mass is 9.75. The number of hydrogen-bond donors (Lipinski definition) is 1. The van der Waals surface area contributed by atoms with Gasteiger partial charge in [0.2, 0.25) is 0 Å². The maximum absolute atomic E-state index is 7.38. The van der Waals surface area contributed by atoms with E-state index in [1.165, 1.54) is 33.9 Å². The summed E-state index contributed by atoms with van der Waals surface area (Å²) in [7, 11) is 0. The van der Waals surface area contributed by atoms with E-state index in [0.717, 1.165) is 16.9 Å². The quantitative estimate of drug-likeness (QED) is 0.218. The van der Waals surface area contributed by atoms with Crippen LogP contribution in [0.3, 0.4) is 0 Å². The third kappa shape index (κ3) is 4.17. The Morgan fingerprint density at radius 1 is 0.824 bits per heavy atom. The van der Waals surface area contributed by atoms with Crippen molar-refractivity contribution >= 4 is 23.2 Å². The molecule has 0 spiro atoms. The number of fused-ring (bicyclic) bond motifs is 1. The average Bonchev–Trinajstić information content (AvgIpc) is 3.21. The molecule has 34 heavy (non-hydrogen) atoms. The number of benzene rings is 3. The number of allylic oxidation sites excluding steroid dienone is 2. The fourth-order valence-electron chi connectivity index (χ4n) is 4.48. The molecule has 0 aliphatic carbocycles. The summed E-state index contributed by atoms with van der Waals surface area (Å²) < 4.78 is 2.25. The minimum atomic E-state index is -0.119. The number of nitrogens with zero attached hydrogens (tertiary/aromatic N) is 1. The van der Waals surface area contributed by atoms with Gasteiger partial charge in [0.1, 0.15) is 0 Å². The predicted octanol–water partition coefficient (Wildman–Crippen LogP) is 8.47. The first-order valence-electron chi connectivity index (χ1n) is 11.8. The minimum absolute atomic E-state index is 0.0340. The topological polar surface area (TPSA) is 28.8 Å². The van der Waals surface area contributed by atoms with Crippen molar-refractivity contribution in [3.8, 4) is 5.69 Å². The van der Waals surface area contributed by atoms with Gasteiger partial charge in [0.05, 0.1) is 5.52 Å². The lowest BCUT2D eigenvalue weighted by Gasteiger charge is -2.29. The van der Waals surface area contributed by atoms with Crippen molar-refractivity contribution in [3.63, 3.8) is 0 Å². The number of rotatable bonds is 7. The second kappa shape index (κ2) is 8.95. The van der Waals surface area contributed by atoms with Crippen LogP contribution < -0.4 is 0 Å². The smallest absolute Gasteiger partial charge is 0.0534 e. The highest BCUT2D eigenvalue weighted by atomic mass is 15.0. The Labute approximate surface area is 203 Å². The molecule has 0 aliphatic heterocycles. The molecule has 4 aromatic rings. The van der Waals surface area contributed by atoms with Gasteiger partial charge in [0.15, 0.2) is 0 Å². The molecule has 0 radical (unpaired) electrons. The van der Waals surface area contributed by atoms with E-state index >= 15 is 0 Å². The Morgan fingerprint density at radius 2 is 1.38 bits per heavy atom. The Bertz CT molecular complexity index is 1360. The van der Waals surface area contributed by atoms with Crippen molar-refractivity contribution in [2.24, 2.45) is 0 Å². The number of nitrogens with one attached hydrogen (secondary N) is 1. The van der Waals surface area contributed by atoms with Gasteiger partial charge >= 0.3 is 0 Å². The summed E-state index contributed by atoms with van der Waals surface area (Å²) in [5.74, 6) is 0. The van der Waals surface area contributed by atoms with Gasteiger partial charge in [-0.05, 0) is 60.0 Å². The third-order valence-electron chi connectivity index (χ3n) is 7.34. The number of aromatic nitrogens is 1. The summed E-state index contributed by atoms with van der Waals surface area (Å²) in [5, 5.41) is 8.57. The molecule has 0 atom stereocenters. The molecule has 0 amide bonds. The normalized spacial score (nSPS) is 12.4. The van der Waals surface area contributed by atoms with Gasteiger partial charge in [-0.25, -0.2) is 0 Å². The van der Waals surface area contributed by atoms with Crippen LogP contribution in [0.1, 0.15) is 57.0 Å². The van der Waals surface area contributed by atoms with Gasteiger partial charge in [-0.3, -0.25) is 0 Å². The second-order valence-electron chi connectivity index (χ2n) is 10.1. The van der Waals surface area contributed by atoms with E-state index in [2.05, 4.69) is 125 Å². The molecule has 0 fully saturated rings. The second-order valence-corrected chi connectivity index (χ2v) is 10.1. The van der Waals surface area contributed by atoms with Crippen LogP contribution in [0.15, 0.2) is 97.1 Å². The molecule has 0 unspecified atom stereocenters. The summed E-state index contributed by atoms with van der Waals surface area (Å²) in [4.78, 5) is 0. The zero-order chi connectivity index (χ0) is 24.5. The first kappa shape index (κ1) is 23.5. The molecule has 2 heteroatoms. The molecule has 1 N–H and O–H groups in total. The number of para-hydroxylation sites is 1. The van der Waals surface area contributed by atoms with Gasteiger partial charge in [-0.15, -0.1) is 0 Å². The first-order chi connectivity index (χ1) is 16.2. The SMILES string of the molecule is C=C(C)C(C)(C)c1ccc(C(C)(C)c2ccc(-n3c(/C=C\C=N)cc4ccccc43)cc2)cc1. The fraction of sp³-hybridized carbons (Fsp3) is 0.219. The zero-order valence-corrected chi connectivity index (χ0v) is 20.9. The molecule has 1 heterocycles. The first-order valence-corrected chi connectivity index (χ1v) is 11.8. The molecule has 0 saturated carbocycles. The van der Waals surface area contributed by atoms with Crippen LogP contribution in [0, 0.1) is 5.41 Å². The maximum Gasteiger partial charge on any atom is 0.0534 e. The van der Waals surface area contributed by atoms with Crippen LogP contribution in [0.25, 0.3) is 22.7 Å². The highest BCUT2D eigenvalue weighted by Crippen LogP contribution is 2.36. The van der Waals surface area contributed by atoms with E-state index in [-0.39, 0.29) is 10.8 Å². The van der Waals surface area contributed by atoms with Gasteiger partial charge in [-0.2, -0.15) is 0 Å². The van der Waals surface area contributed by atoms with Crippen molar-refractivity contribution in [1.29, 1.82) is 5.41 Å². The van der Waals surface area contributed by atoms with E-state index in [1.54, 1.807) is 6.08 Å². The van der Waals surface area contributed by atoms with Crippen LogP contribution in [-0.2, 0) is 10.8 Å². The third-order valence-corrected chi connectivity index (χ3v) is 7.34. The van der Waals surface area contributed by atoms with E-state index in [9.17, 15) is 0 Å². The summed E-state index contributed by atoms with van der Waals surface area (Å²) in [6.45, 7) is 15.3. The van der Waals surface area contributed by atoms with Crippen LogP contribution in [-0.4, -0.2) is 10.8 Å². The molecule has 1 aromatic heterocycles. The Kier molecular flexibility index (Phi) is 6.18. The van der Waals surface area contributed by atoms with Gasteiger partial charge in [0.25, 0.3) is 0 Å². The highest BCUT2D eigenvalue weighted by molar-refractivity contribution is 5.87. The van der Waals surface area contributed by atoms with Crippen molar-refractivity contribution in [3.05, 3.63) is 119 Å². The molecule has 0 bridgehead atoms. The number of hydrogen-bond acceptors (Lipinski definition) is 1. The van der Waals surface area contributed by atoms with E-state index in [4.69, 9.17) is 5.41 Å². The highest BCUT2D eigenvalue weighted by Gasteiger charge is 2.26. The summed E-state index contributed by atoms with van der Waals surface area (Å²) in [5.41, 5.74) is 8.21. The van der Waals surface area contributed by atoms with Crippen LogP contribution in [0.4, 0.5) is 0 Å². The molecular formula is C32H34N2. The standard InChI is InChI=1S/C32H34N2/c1-23(2)31(3,4)25-13-15-26(16-14-25)32(5,6)27-17-19-28(20-18-27)34-29(11-9-21-33)22-24-10-7-8-12-30(24)34/h7-22,33H,1H2,2-6H3/b11-9-,33-21?. The minimum Gasteiger partial charge on any atom is -0.310 e. The van der Waals surface area contributed by atoms with Crippen molar-refractivity contribution in [1.82, 2.24) is 4.57 Å². The Hall–Kier alpha value is -3.65. The summed E-state index contributed by atoms with van der Waals surface area (Å²) in [6.07, 6.45) is 5.07. The Balaban J connectivity index is 1.70. The predicted molar refractivity (Wildman–Crippen MR) is 148 cm³/mol. The summed E-state index contributed by atoms with van der Waals surface area (Å²) >= 11 is 0. The lowest BCUT2D eigenvalue weighted by Crippen LogP contribution is -2.21. The van der Waals surface area contributed by atoms with Crippen LogP contribution in [0.2, 0.25) is 0 Å². The molecule has 3 aromatic carbocycles. The Morgan fingerprint density at radius 3 is 1.97 bits per heavy atom. The van der Waals surface area contributed by atoms with E-state index in [1.807, 2.05) is 6.08 Å². The van der Waals surface area contributed by atoms with Crippen molar-refractivity contribution in [2.75, 3.05) is 0 Å². The monoisotopic (exact) mass is 446 g/mol. The molecule has 4 rings (SSSR count). The van der Waals surface area contributed by atoms with Crippen LogP contribution in [0.5, 0.6) is 0 Å². The molecular weight excluding hydrogens is 412 g/mol. The molecule has 0 saturated heterocycles. The molecule has 0 aliphatic rings. The molecule has 2 nitrogen and oxygen atoms in total. The van der Waals surface area contributed by atoms with Gasteiger partial charge in [0, 0.05) is 33.8 Å². The van der Waals surface area contributed by atoms with Crippen LogP contribution >= 0.6 is 0 Å². The average molecular weight is 447 g/mol. The lowest BCUT2D eigenvalue weighted by molar-refractivity contribution is 0.617. The van der Waals surface area contributed by atoms with Crippen molar-refractivity contribution in [2.45, 2.75) is 45.4 Å². The van der Waals surface area contributed by atoms with Gasteiger partial charge in [-0.1, -0.05) is 94.4 Å². The van der Waals surface area contributed by atoms with E-state index in [0.29, 0.717) is 0 Å². The van der Waals surface area contributed by atoms with Crippen molar-refractivity contribution < 1.29 is 0 Å². The molecule has 172 valence electrons.